The number of aryl methyl sites for hydroxylation is 1. The van der Waals surface area contributed by atoms with E-state index in [1.54, 1.807) is 18.3 Å². The number of hydrogen-bond acceptors (Lipinski definition) is 2. The zero-order valence-corrected chi connectivity index (χ0v) is 15.3. The normalized spacial score (nSPS) is 20.5. The number of benzene rings is 1. The number of rotatable bonds is 5. The highest BCUT2D eigenvalue weighted by Crippen LogP contribution is 2.41. The van der Waals surface area contributed by atoms with Gasteiger partial charge in [-0.3, -0.25) is 0 Å². The molecule has 3 unspecified atom stereocenters. The monoisotopic (exact) mass is 355 g/mol. The molecule has 0 aliphatic heterocycles. The van der Waals surface area contributed by atoms with Gasteiger partial charge in [0.25, 0.3) is 0 Å². The van der Waals surface area contributed by atoms with Gasteiger partial charge in [-0.15, -0.1) is 0 Å². The predicted molar refractivity (Wildman–Crippen MR) is 98.2 cm³/mol. The molecule has 1 aromatic carbocycles. The van der Waals surface area contributed by atoms with Gasteiger partial charge in [-0.1, -0.05) is 19.1 Å². The van der Waals surface area contributed by atoms with Gasteiger partial charge in [0, 0.05) is 24.0 Å². The maximum Gasteiger partial charge on any atom is 0.150 e. The van der Waals surface area contributed by atoms with Crippen molar-refractivity contribution in [3.05, 3.63) is 58.8 Å². The Labute approximate surface area is 152 Å². The number of aromatic nitrogens is 3. The van der Waals surface area contributed by atoms with Crippen LogP contribution in [-0.4, -0.2) is 14.8 Å². The number of hydrogen-bond donors (Lipinski definition) is 0. The second kappa shape index (κ2) is 6.45. The van der Waals surface area contributed by atoms with Crippen LogP contribution < -0.4 is 0 Å². The standard InChI is InChI=1S/C21H23F2N3/c1-12-8-16(12)11-26-14(3)13(2)18-10-24-25-20(21(18)26)19(23)9-15-4-6-17(22)7-5-15/h4-7,10,12,16,19H,8-9,11H2,1-3H3. The summed E-state index contributed by atoms with van der Waals surface area (Å²) in [7, 11) is 0. The molecule has 26 heavy (non-hydrogen) atoms. The molecule has 0 spiro atoms. The lowest BCUT2D eigenvalue weighted by Crippen LogP contribution is -2.08. The average molecular weight is 355 g/mol. The van der Waals surface area contributed by atoms with E-state index in [2.05, 4.69) is 35.5 Å². The van der Waals surface area contributed by atoms with E-state index >= 15 is 4.39 Å². The summed E-state index contributed by atoms with van der Waals surface area (Å²) in [5, 5.41) is 9.19. The molecular weight excluding hydrogens is 332 g/mol. The molecule has 0 amide bonds. The van der Waals surface area contributed by atoms with Gasteiger partial charge in [0.15, 0.2) is 0 Å². The van der Waals surface area contributed by atoms with Crippen molar-refractivity contribution in [2.75, 3.05) is 0 Å². The first-order valence-electron chi connectivity index (χ1n) is 9.15. The number of halogens is 2. The second-order valence-corrected chi connectivity index (χ2v) is 7.58. The minimum atomic E-state index is -1.28. The van der Waals surface area contributed by atoms with Crippen LogP contribution in [0.5, 0.6) is 0 Å². The first-order valence-corrected chi connectivity index (χ1v) is 9.15. The Morgan fingerprint density at radius 2 is 1.92 bits per heavy atom. The summed E-state index contributed by atoms with van der Waals surface area (Å²) < 4.78 is 30.5. The Balaban J connectivity index is 1.74. The number of nitrogens with zero attached hydrogens (tertiary/aromatic N) is 3. The minimum absolute atomic E-state index is 0.164. The van der Waals surface area contributed by atoms with Gasteiger partial charge in [-0.25, -0.2) is 8.78 Å². The van der Waals surface area contributed by atoms with Gasteiger partial charge in [0.1, 0.15) is 17.7 Å². The van der Waals surface area contributed by atoms with Crippen molar-refractivity contribution in [3.63, 3.8) is 0 Å². The van der Waals surface area contributed by atoms with Crippen LogP contribution in [0.15, 0.2) is 30.5 Å². The molecular formula is C21H23F2N3. The molecule has 1 aliphatic rings. The molecule has 3 nitrogen and oxygen atoms in total. The van der Waals surface area contributed by atoms with E-state index in [0.29, 0.717) is 11.6 Å². The molecule has 2 heterocycles. The van der Waals surface area contributed by atoms with Crippen molar-refractivity contribution >= 4 is 10.9 Å². The van der Waals surface area contributed by atoms with E-state index in [-0.39, 0.29) is 12.2 Å². The van der Waals surface area contributed by atoms with Crippen molar-refractivity contribution < 1.29 is 8.78 Å². The van der Waals surface area contributed by atoms with E-state index in [1.807, 2.05) is 0 Å². The van der Waals surface area contributed by atoms with Crippen molar-refractivity contribution in [1.29, 1.82) is 0 Å². The third-order valence-electron chi connectivity index (χ3n) is 5.79. The molecule has 3 aromatic rings. The van der Waals surface area contributed by atoms with Gasteiger partial charge >= 0.3 is 0 Å². The van der Waals surface area contributed by atoms with Crippen LogP contribution in [0.4, 0.5) is 8.78 Å². The Kier molecular flexibility index (Phi) is 4.25. The predicted octanol–water partition coefficient (Wildman–Crippen LogP) is 5.10. The first kappa shape index (κ1) is 17.1. The first-order chi connectivity index (χ1) is 12.5. The van der Waals surface area contributed by atoms with Gasteiger partial charge in [0.05, 0.1) is 11.7 Å². The van der Waals surface area contributed by atoms with Crippen LogP contribution in [0.3, 0.4) is 0 Å². The molecule has 2 aromatic heterocycles. The quantitative estimate of drug-likeness (QED) is 0.638. The van der Waals surface area contributed by atoms with Crippen molar-refractivity contribution in [2.45, 2.75) is 46.3 Å². The summed E-state index contributed by atoms with van der Waals surface area (Å²) in [5.74, 6) is 1.07. The van der Waals surface area contributed by atoms with Crippen molar-refractivity contribution in [3.8, 4) is 0 Å². The topological polar surface area (TPSA) is 30.7 Å². The van der Waals surface area contributed by atoms with E-state index < -0.39 is 6.17 Å². The molecule has 1 fully saturated rings. The average Bonchev–Trinajstić information content (AvgIpc) is 3.28. The van der Waals surface area contributed by atoms with Crippen LogP contribution in [-0.2, 0) is 13.0 Å². The summed E-state index contributed by atoms with van der Waals surface area (Å²) in [5.41, 5.74) is 4.29. The lowest BCUT2D eigenvalue weighted by Gasteiger charge is -2.13. The van der Waals surface area contributed by atoms with Gasteiger partial charge in [-0.2, -0.15) is 10.2 Å². The molecule has 3 atom stereocenters. The van der Waals surface area contributed by atoms with Gasteiger partial charge in [-0.05, 0) is 55.4 Å². The largest absolute Gasteiger partial charge is 0.343 e. The summed E-state index contributed by atoms with van der Waals surface area (Å²) in [6.45, 7) is 7.30. The van der Waals surface area contributed by atoms with E-state index in [4.69, 9.17) is 0 Å². The van der Waals surface area contributed by atoms with Crippen molar-refractivity contribution in [2.24, 2.45) is 11.8 Å². The third-order valence-corrected chi connectivity index (χ3v) is 5.79. The molecule has 0 saturated heterocycles. The van der Waals surface area contributed by atoms with Crippen LogP contribution in [0, 0.1) is 31.5 Å². The lowest BCUT2D eigenvalue weighted by molar-refractivity contribution is 0.333. The van der Waals surface area contributed by atoms with E-state index in [9.17, 15) is 4.39 Å². The number of fused-ring (bicyclic) bond motifs is 1. The van der Waals surface area contributed by atoms with E-state index in [0.717, 1.165) is 40.2 Å². The maximum absolute atomic E-state index is 15.2. The summed E-state index contributed by atoms with van der Waals surface area (Å²) in [6, 6.07) is 5.97. The Hall–Kier alpha value is -2.30. The SMILES string of the molecule is Cc1c(C)n(CC2CC2C)c2c(C(F)Cc3ccc(F)cc3)nncc12. The molecule has 136 valence electrons. The molecule has 1 saturated carbocycles. The highest BCUT2D eigenvalue weighted by atomic mass is 19.1. The summed E-state index contributed by atoms with van der Waals surface area (Å²) in [6.07, 6.45) is 1.84. The van der Waals surface area contributed by atoms with Gasteiger partial charge in [0.2, 0.25) is 0 Å². The fourth-order valence-electron chi connectivity index (χ4n) is 3.77. The Bertz CT molecular complexity index is 946. The maximum atomic E-state index is 15.2. The fraction of sp³-hybridized carbons (Fsp3) is 0.429. The van der Waals surface area contributed by atoms with E-state index in [1.165, 1.54) is 18.6 Å². The van der Waals surface area contributed by atoms with Crippen molar-refractivity contribution in [1.82, 2.24) is 14.8 Å². The Morgan fingerprint density at radius 3 is 2.58 bits per heavy atom. The van der Waals surface area contributed by atoms with Crippen LogP contribution in [0.25, 0.3) is 10.9 Å². The summed E-state index contributed by atoms with van der Waals surface area (Å²) in [4.78, 5) is 0. The fourth-order valence-corrected chi connectivity index (χ4v) is 3.77. The zero-order chi connectivity index (χ0) is 18.4. The minimum Gasteiger partial charge on any atom is -0.343 e. The van der Waals surface area contributed by atoms with Crippen LogP contribution >= 0.6 is 0 Å². The molecule has 4 rings (SSSR count). The highest BCUT2D eigenvalue weighted by molar-refractivity contribution is 5.86. The molecule has 1 aliphatic carbocycles. The van der Waals surface area contributed by atoms with Gasteiger partial charge < -0.3 is 4.57 Å². The highest BCUT2D eigenvalue weighted by Gasteiger charge is 2.34. The molecule has 0 radical (unpaired) electrons. The second-order valence-electron chi connectivity index (χ2n) is 7.58. The Morgan fingerprint density at radius 1 is 1.23 bits per heavy atom. The third kappa shape index (κ3) is 3.00. The van der Waals surface area contributed by atoms with Crippen LogP contribution in [0.1, 0.15) is 42.0 Å². The lowest BCUT2D eigenvalue weighted by atomic mass is 10.0. The molecule has 0 N–H and O–H groups in total. The number of alkyl halides is 1. The smallest absolute Gasteiger partial charge is 0.150 e. The molecule has 5 heteroatoms. The zero-order valence-electron chi connectivity index (χ0n) is 15.3. The summed E-state index contributed by atoms with van der Waals surface area (Å²) >= 11 is 0. The molecule has 0 bridgehead atoms. The van der Waals surface area contributed by atoms with Crippen LogP contribution in [0.2, 0.25) is 0 Å².